The first kappa shape index (κ1) is 19.3. The summed E-state index contributed by atoms with van der Waals surface area (Å²) >= 11 is 0. The summed E-state index contributed by atoms with van der Waals surface area (Å²) in [4.78, 5) is 10.8. The van der Waals surface area contributed by atoms with E-state index < -0.39 is 6.55 Å². The van der Waals surface area contributed by atoms with Crippen LogP contribution in [0.2, 0.25) is 0 Å². The topological polar surface area (TPSA) is 45.5 Å². The minimum absolute atomic E-state index is 0.132. The summed E-state index contributed by atoms with van der Waals surface area (Å²) in [5.41, 5.74) is 1.38. The van der Waals surface area contributed by atoms with Crippen molar-refractivity contribution in [1.82, 2.24) is 19.8 Å². The number of rotatable bonds is 5. The molecule has 0 amide bonds. The van der Waals surface area contributed by atoms with E-state index >= 15 is 0 Å². The SMILES string of the molecule is CCNC(=NCc1nccn1C(F)F)N1CCC(c2ccccc2)C(C)C1. The van der Waals surface area contributed by atoms with Gasteiger partial charge in [-0.25, -0.2) is 9.98 Å². The summed E-state index contributed by atoms with van der Waals surface area (Å²) in [5.74, 6) is 2.04. The van der Waals surface area contributed by atoms with Crippen LogP contribution in [0.15, 0.2) is 47.7 Å². The van der Waals surface area contributed by atoms with E-state index in [2.05, 4.69) is 51.4 Å². The van der Waals surface area contributed by atoms with E-state index in [1.807, 2.05) is 13.0 Å². The molecule has 2 aromatic rings. The number of hydrogen-bond acceptors (Lipinski definition) is 2. The van der Waals surface area contributed by atoms with Gasteiger partial charge in [-0.3, -0.25) is 4.57 Å². The van der Waals surface area contributed by atoms with Gasteiger partial charge in [-0.2, -0.15) is 8.78 Å². The highest BCUT2D eigenvalue weighted by Gasteiger charge is 2.28. The molecule has 7 heteroatoms. The largest absolute Gasteiger partial charge is 0.357 e. The molecule has 0 aliphatic carbocycles. The van der Waals surface area contributed by atoms with E-state index in [0.717, 1.165) is 36.6 Å². The van der Waals surface area contributed by atoms with E-state index in [0.29, 0.717) is 11.8 Å². The summed E-state index contributed by atoms with van der Waals surface area (Å²) in [6.07, 6.45) is 3.72. The normalized spacial score (nSPS) is 20.9. The zero-order valence-electron chi connectivity index (χ0n) is 15.9. The van der Waals surface area contributed by atoms with Gasteiger partial charge in [0, 0.05) is 32.0 Å². The van der Waals surface area contributed by atoms with E-state index in [9.17, 15) is 8.78 Å². The smallest absolute Gasteiger partial charge is 0.319 e. The van der Waals surface area contributed by atoms with Gasteiger partial charge in [-0.1, -0.05) is 37.3 Å². The van der Waals surface area contributed by atoms with Crippen molar-refractivity contribution in [3.05, 3.63) is 54.1 Å². The van der Waals surface area contributed by atoms with Crippen molar-refractivity contribution in [2.75, 3.05) is 19.6 Å². The maximum atomic E-state index is 13.0. The Morgan fingerprint density at radius 3 is 2.78 bits per heavy atom. The van der Waals surface area contributed by atoms with Gasteiger partial charge in [0.25, 0.3) is 0 Å². The number of nitrogens with one attached hydrogen (secondary N) is 1. The third-order valence-corrected chi connectivity index (χ3v) is 5.10. The summed E-state index contributed by atoms with van der Waals surface area (Å²) in [6, 6.07) is 10.6. The number of halogens is 2. The lowest BCUT2D eigenvalue weighted by atomic mass is 9.82. The second-order valence-corrected chi connectivity index (χ2v) is 6.93. The number of guanidine groups is 1. The standard InChI is InChI=1S/C20H27F2N5/c1-3-23-20(25-13-18-24-10-12-27(18)19(21)22)26-11-9-17(15(2)14-26)16-7-5-4-6-8-16/h4-8,10,12,15,17,19H,3,9,11,13-14H2,1-2H3,(H,23,25). The lowest BCUT2D eigenvalue weighted by Crippen LogP contribution is -2.48. The predicted molar refractivity (Wildman–Crippen MR) is 103 cm³/mol. The maximum absolute atomic E-state index is 13.0. The first-order valence-electron chi connectivity index (χ1n) is 9.48. The van der Waals surface area contributed by atoms with Crippen molar-refractivity contribution in [2.24, 2.45) is 10.9 Å². The molecule has 3 rings (SSSR count). The number of hydrogen-bond donors (Lipinski definition) is 1. The van der Waals surface area contributed by atoms with Crippen molar-refractivity contribution in [3.63, 3.8) is 0 Å². The molecule has 1 aliphatic rings. The molecule has 27 heavy (non-hydrogen) atoms. The third kappa shape index (κ3) is 4.64. The Morgan fingerprint density at radius 2 is 2.11 bits per heavy atom. The van der Waals surface area contributed by atoms with Crippen LogP contribution in [0.1, 0.15) is 44.1 Å². The highest BCUT2D eigenvalue weighted by molar-refractivity contribution is 5.80. The molecule has 1 N–H and O–H groups in total. The highest BCUT2D eigenvalue weighted by Crippen LogP contribution is 2.32. The summed E-state index contributed by atoms with van der Waals surface area (Å²) < 4.78 is 26.8. The Hall–Kier alpha value is -2.44. The molecule has 0 spiro atoms. The Morgan fingerprint density at radius 1 is 1.33 bits per heavy atom. The van der Waals surface area contributed by atoms with Crippen LogP contribution in [-0.4, -0.2) is 40.0 Å². The Balaban J connectivity index is 1.69. The molecule has 146 valence electrons. The molecule has 2 heterocycles. The predicted octanol–water partition coefficient (Wildman–Crippen LogP) is 3.87. The number of aromatic nitrogens is 2. The Kier molecular flexibility index (Phi) is 6.42. The first-order valence-corrected chi connectivity index (χ1v) is 9.48. The van der Waals surface area contributed by atoms with Gasteiger partial charge in [-0.15, -0.1) is 0 Å². The Labute approximate surface area is 159 Å². The highest BCUT2D eigenvalue weighted by atomic mass is 19.3. The molecule has 5 nitrogen and oxygen atoms in total. The fourth-order valence-electron chi connectivity index (χ4n) is 3.75. The molecule has 1 aliphatic heterocycles. The second kappa shape index (κ2) is 8.97. The summed E-state index contributed by atoms with van der Waals surface area (Å²) in [6.45, 7) is 4.31. The molecule has 0 saturated carbocycles. The minimum atomic E-state index is -2.60. The second-order valence-electron chi connectivity index (χ2n) is 6.93. The van der Waals surface area contributed by atoms with E-state index in [-0.39, 0.29) is 12.4 Å². The van der Waals surface area contributed by atoms with E-state index in [1.54, 1.807) is 0 Å². The fourth-order valence-corrected chi connectivity index (χ4v) is 3.75. The molecule has 2 unspecified atom stereocenters. The molecule has 1 aromatic carbocycles. The molecule has 0 radical (unpaired) electrons. The van der Waals surface area contributed by atoms with E-state index in [1.165, 1.54) is 18.0 Å². The van der Waals surface area contributed by atoms with Crippen molar-refractivity contribution in [1.29, 1.82) is 0 Å². The van der Waals surface area contributed by atoms with Gasteiger partial charge in [-0.05, 0) is 30.7 Å². The van der Waals surface area contributed by atoms with Gasteiger partial charge in [0.05, 0.1) is 0 Å². The Bertz CT molecular complexity index is 744. The molecular weight excluding hydrogens is 348 g/mol. The average Bonchev–Trinajstić information content (AvgIpc) is 3.14. The van der Waals surface area contributed by atoms with Gasteiger partial charge in [0.2, 0.25) is 0 Å². The van der Waals surface area contributed by atoms with Crippen LogP contribution in [-0.2, 0) is 6.54 Å². The van der Waals surface area contributed by atoms with E-state index in [4.69, 9.17) is 0 Å². The van der Waals surface area contributed by atoms with Crippen molar-refractivity contribution >= 4 is 5.96 Å². The van der Waals surface area contributed by atoms with Crippen molar-refractivity contribution in [3.8, 4) is 0 Å². The van der Waals surface area contributed by atoms with Crippen LogP contribution in [0, 0.1) is 5.92 Å². The lowest BCUT2D eigenvalue weighted by molar-refractivity contribution is 0.0670. The quantitative estimate of drug-likeness (QED) is 0.637. The molecule has 2 atom stereocenters. The minimum Gasteiger partial charge on any atom is -0.357 e. The number of likely N-dealkylation sites (tertiary alicyclic amines) is 1. The summed E-state index contributed by atoms with van der Waals surface area (Å²) in [7, 11) is 0. The molecular formula is C20H27F2N5. The van der Waals surface area contributed by atoms with Crippen LogP contribution in [0.4, 0.5) is 8.78 Å². The number of aliphatic imine (C=N–C) groups is 1. The number of alkyl halides is 2. The van der Waals surface area contributed by atoms with Gasteiger partial charge < -0.3 is 10.2 Å². The van der Waals surface area contributed by atoms with Crippen LogP contribution >= 0.6 is 0 Å². The maximum Gasteiger partial charge on any atom is 0.319 e. The monoisotopic (exact) mass is 375 g/mol. The van der Waals surface area contributed by atoms with Crippen LogP contribution in [0.5, 0.6) is 0 Å². The zero-order chi connectivity index (χ0) is 19.2. The van der Waals surface area contributed by atoms with Crippen molar-refractivity contribution in [2.45, 2.75) is 39.3 Å². The third-order valence-electron chi connectivity index (χ3n) is 5.10. The molecule has 0 bridgehead atoms. The fraction of sp³-hybridized carbons (Fsp3) is 0.500. The van der Waals surface area contributed by atoms with Gasteiger partial charge in [0.1, 0.15) is 12.4 Å². The number of piperidine rings is 1. The molecule has 1 aromatic heterocycles. The average molecular weight is 375 g/mol. The first-order chi connectivity index (χ1) is 13.1. The van der Waals surface area contributed by atoms with Crippen LogP contribution in [0.3, 0.4) is 0 Å². The number of imidazole rings is 1. The lowest BCUT2D eigenvalue weighted by Gasteiger charge is -2.39. The van der Waals surface area contributed by atoms with Crippen molar-refractivity contribution < 1.29 is 8.78 Å². The summed E-state index contributed by atoms with van der Waals surface area (Å²) in [5, 5.41) is 3.29. The van der Waals surface area contributed by atoms with Gasteiger partial charge >= 0.3 is 6.55 Å². The number of benzene rings is 1. The van der Waals surface area contributed by atoms with Gasteiger partial charge in [0.15, 0.2) is 5.96 Å². The van der Waals surface area contributed by atoms with Crippen LogP contribution in [0.25, 0.3) is 0 Å². The zero-order valence-corrected chi connectivity index (χ0v) is 15.9. The molecule has 1 saturated heterocycles. The molecule has 1 fully saturated rings. The van der Waals surface area contributed by atoms with Crippen LogP contribution < -0.4 is 5.32 Å². The number of nitrogens with zero attached hydrogens (tertiary/aromatic N) is 4.